The van der Waals surface area contributed by atoms with Crippen LogP contribution in [-0.2, 0) is 19.7 Å². The Labute approximate surface area is 76.1 Å². The maximum absolute atomic E-state index is 10.1. The van der Waals surface area contributed by atoms with Gasteiger partial charge in [-0.05, 0) is 6.92 Å². The van der Waals surface area contributed by atoms with Crippen LogP contribution in [0.4, 0.5) is 0 Å². The molecule has 0 unspecified atom stereocenters. The third-order valence-corrected chi connectivity index (χ3v) is 1.95. The Balaban J connectivity index is 0.000000226. The highest BCUT2D eigenvalue weighted by molar-refractivity contribution is 7.85. The van der Waals surface area contributed by atoms with Gasteiger partial charge < -0.3 is 0 Å². The number of hydrogen-bond donors (Lipinski definition) is 2. The molecule has 0 aromatic heterocycles. The number of imide groups is 1. The summed E-state index contributed by atoms with van der Waals surface area (Å²) < 4.78 is 26.9. The highest BCUT2D eigenvalue weighted by Gasteiger charge is 2.15. The minimum Gasteiger partial charge on any atom is -0.296 e. The molecular weight excluding hydrogens is 198 g/mol. The van der Waals surface area contributed by atoms with Gasteiger partial charge in [0.2, 0.25) is 11.8 Å². The Hall–Kier alpha value is -0.950. The number of amides is 2. The van der Waals surface area contributed by atoms with Crippen molar-refractivity contribution < 1.29 is 22.6 Å². The summed E-state index contributed by atoms with van der Waals surface area (Å²) in [5, 5.41) is 2.14. The molecular formula is C6H11NO5S. The summed E-state index contributed by atoms with van der Waals surface area (Å²) in [5.41, 5.74) is 0. The van der Waals surface area contributed by atoms with Crippen LogP contribution in [0.15, 0.2) is 0 Å². The third kappa shape index (κ3) is 7.41. The van der Waals surface area contributed by atoms with Gasteiger partial charge in [-0.3, -0.25) is 19.5 Å². The Morgan fingerprint density at radius 2 is 1.62 bits per heavy atom. The summed E-state index contributed by atoms with van der Waals surface area (Å²) in [6.07, 6.45) is 0.748. The lowest BCUT2D eigenvalue weighted by Crippen LogP contribution is -2.18. The van der Waals surface area contributed by atoms with Gasteiger partial charge in [-0.15, -0.1) is 0 Å². The molecule has 0 aromatic carbocycles. The lowest BCUT2D eigenvalue weighted by molar-refractivity contribution is -0.124. The predicted molar refractivity (Wildman–Crippen MR) is 44.5 cm³/mol. The van der Waals surface area contributed by atoms with E-state index in [0.29, 0.717) is 12.8 Å². The molecule has 0 atom stereocenters. The molecule has 1 aliphatic heterocycles. The van der Waals surface area contributed by atoms with Crippen LogP contribution in [0.2, 0.25) is 0 Å². The molecule has 0 aliphatic carbocycles. The van der Waals surface area contributed by atoms with Crippen molar-refractivity contribution in [3.63, 3.8) is 0 Å². The first-order valence-electron chi connectivity index (χ1n) is 3.63. The average Bonchev–Trinajstić information content (AvgIpc) is 2.34. The molecule has 0 spiro atoms. The van der Waals surface area contributed by atoms with Crippen molar-refractivity contribution in [1.29, 1.82) is 0 Å². The molecule has 1 fully saturated rings. The quantitative estimate of drug-likeness (QED) is 0.440. The van der Waals surface area contributed by atoms with Crippen molar-refractivity contribution in [3.05, 3.63) is 0 Å². The number of carbonyl (C=O) groups is 2. The van der Waals surface area contributed by atoms with Gasteiger partial charge in [-0.2, -0.15) is 8.42 Å². The van der Waals surface area contributed by atoms with E-state index < -0.39 is 10.1 Å². The molecule has 1 saturated heterocycles. The molecule has 0 aromatic rings. The number of hydrogen-bond acceptors (Lipinski definition) is 4. The molecule has 2 amide bonds. The molecule has 0 saturated carbocycles. The second-order valence-corrected chi connectivity index (χ2v) is 4.08. The van der Waals surface area contributed by atoms with E-state index in [2.05, 4.69) is 5.32 Å². The Morgan fingerprint density at radius 1 is 1.31 bits per heavy atom. The summed E-state index contributed by atoms with van der Waals surface area (Å²) in [6.45, 7) is 1.37. The molecule has 1 heterocycles. The van der Waals surface area contributed by atoms with E-state index in [0.717, 1.165) is 0 Å². The van der Waals surface area contributed by atoms with Crippen LogP contribution in [0.3, 0.4) is 0 Å². The minimum absolute atomic E-state index is 0.148. The molecule has 0 bridgehead atoms. The van der Waals surface area contributed by atoms with E-state index in [4.69, 9.17) is 4.55 Å². The fraction of sp³-hybridized carbons (Fsp3) is 0.667. The Bertz CT molecular complexity index is 280. The van der Waals surface area contributed by atoms with Gasteiger partial charge in [-0.25, -0.2) is 0 Å². The second-order valence-electron chi connectivity index (χ2n) is 2.34. The number of carbonyl (C=O) groups excluding carboxylic acids is 2. The monoisotopic (exact) mass is 209 g/mol. The van der Waals surface area contributed by atoms with E-state index in [1.807, 2.05) is 0 Å². The smallest absolute Gasteiger partial charge is 0.264 e. The summed E-state index contributed by atoms with van der Waals surface area (Å²) >= 11 is 0. The summed E-state index contributed by atoms with van der Waals surface area (Å²) in [4.78, 5) is 20.2. The van der Waals surface area contributed by atoms with Crippen LogP contribution in [0, 0.1) is 0 Å². The van der Waals surface area contributed by atoms with Crippen LogP contribution >= 0.6 is 0 Å². The largest absolute Gasteiger partial charge is 0.296 e. The molecule has 13 heavy (non-hydrogen) atoms. The lowest BCUT2D eigenvalue weighted by atomic mass is 10.4. The molecule has 2 N–H and O–H groups in total. The van der Waals surface area contributed by atoms with E-state index in [9.17, 15) is 18.0 Å². The third-order valence-electron chi connectivity index (χ3n) is 1.22. The summed E-state index contributed by atoms with van der Waals surface area (Å²) in [6, 6.07) is 0. The maximum atomic E-state index is 10.1. The highest BCUT2D eigenvalue weighted by atomic mass is 32.2. The van der Waals surface area contributed by atoms with E-state index >= 15 is 0 Å². The first-order chi connectivity index (χ1) is 5.85. The van der Waals surface area contributed by atoms with Crippen LogP contribution in [0.1, 0.15) is 19.8 Å². The average molecular weight is 209 g/mol. The molecule has 1 rings (SSSR count). The second kappa shape index (κ2) is 4.93. The van der Waals surface area contributed by atoms with E-state index in [-0.39, 0.29) is 17.6 Å². The molecule has 7 heteroatoms. The molecule has 76 valence electrons. The van der Waals surface area contributed by atoms with Crippen LogP contribution in [0.25, 0.3) is 0 Å². The zero-order valence-corrected chi connectivity index (χ0v) is 7.93. The van der Waals surface area contributed by atoms with Crippen LogP contribution in [-0.4, -0.2) is 30.5 Å². The van der Waals surface area contributed by atoms with Crippen molar-refractivity contribution >= 4 is 21.9 Å². The predicted octanol–water partition coefficient (Wildman–Crippen LogP) is -0.683. The van der Waals surface area contributed by atoms with Crippen molar-refractivity contribution in [2.75, 3.05) is 5.75 Å². The van der Waals surface area contributed by atoms with Crippen molar-refractivity contribution in [2.24, 2.45) is 0 Å². The fourth-order valence-corrected chi connectivity index (χ4v) is 0.508. The van der Waals surface area contributed by atoms with Crippen molar-refractivity contribution in [3.8, 4) is 0 Å². The Kier molecular flexibility index (Phi) is 4.57. The van der Waals surface area contributed by atoms with Gasteiger partial charge in [0.15, 0.2) is 0 Å². The van der Waals surface area contributed by atoms with Crippen molar-refractivity contribution in [1.82, 2.24) is 5.32 Å². The van der Waals surface area contributed by atoms with Gasteiger partial charge in [0.05, 0.1) is 5.75 Å². The standard InChI is InChI=1S/C4H5NO2.C2H6O3S/c6-3-1-2-4(7)5-3;1-2-6(3,4)5/h1-2H2,(H,5,6,7);2H2,1H3,(H,3,4,5). The number of nitrogens with one attached hydrogen (secondary N) is 1. The van der Waals surface area contributed by atoms with E-state index in [1.54, 1.807) is 0 Å². The molecule has 1 aliphatic rings. The van der Waals surface area contributed by atoms with Crippen molar-refractivity contribution in [2.45, 2.75) is 19.8 Å². The normalized spacial score (nSPS) is 16.2. The SMILES string of the molecule is CCS(=O)(=O)O.O=C1CCC(=O)N1. The number of rotatable bonds is 1. The zero-order chi connectivity index (χ0) is 10.5. The van der Waals surface area contributed by atoms with Gasteiger partial charge in [-0.1, -0.05) is 0 Å². The first kappa shape index (κ1) is 12.0. The minimum atomic E-state index is -3.66. The maximum Gasteiger partial charge on any atom is 0.264 e. The molecule has 0 radical (unpaired) electrons. The molecule has 6 nitrogen and oxygen atoms in total. The van der Waals surface area contributed by atoms with Gasteiger partial charge in [0.25, 0.3) is 10.1 Å². The van der Waals surface area contributed by atoms with Gasteiger partial charge >= 0.3 is 0 Å². The highest BCUT2D eigenvalue weighted by Crippen LogP contribution is 1.95. The fourth-order valence-electron chi connectivity index (χ4n) is 0.508. The zero-order valence-electron chi connectivity index (χ0n) is 7.11. The Morgan fingerprint density at radius 3 is 1.69 bits per heavy atom. The first-order valence-corrected chi connectivity index (χ1v) is 5.24. The topological polar surface area (TPSA) is 101 Å². The van der Waals surface area contributed by atoms with E-state index in [1.165, 1.54) is 6.92 Å². The van der Waals surface area contributed by atoms with Gasteiger partial charge in [0.1, 0.15) is 0 Å². The van der Waals surface area contributed by atoms with Crippen LogP contribution in [0.5, 0.6) is 0 Å². The lowest BCUT2D eigenvalue weighted by Gasteiger charge is -1.79. The summed E-state index contributed by atoms with van der Waals surface area (Å²) in [5.74, 6) is -0.498. The summed E-state index contributed by atoms with van der Waals surface area (Å²) in [7, 11) is -3.66. The van der Waals surface area contributed by atoms with Crippen LogP contribution < -0.4 is 5.32 Å². The van der Waals surface area contributed by atoms with Gasteiger partial charge in [0, 0.05) is 12.8 Å².